The van der Waals surface area contributed by atoms with Crippen molar-refractivity contribution in [2.24, 2.45) is 5.92 Å². The number of aromatic nitrogens is 1. The fourth-order valence-electron chi connectivity index (χ4n) is 3.55. The average Bonchev–Trinajstić information content (AvgIpc) is 2.65. The molecule has 5 heteroatoms. The fourth-order valence-corrected chi connectivity index (χ4v) is 3.55. The SMILES string of the molecule is CC(=O)N(CCNC(=O)C1CCCCC1)c1cccc2cccnc12. The normalized spacial score (nSPS) is 15.1. The summed E-state index contributed by atoms with van der Waals surface area (Å²) in [5, 5.41) is 4.00. The molecule has 25 heavy (non-hydrogen) atoms. The van der Waals surface area contributed by atoms with E-state index in [-0.39, 0.29) is 17.7 Å². The van der Waals surface area contributed by atoms with Gasteiger partial charge in [-0.3, -0.25) is 14.6 Å². The van der Waals surface area contributed by atoms with Crippen molar-refractivity contribution in [2.75, 3.05) is 18.0 Å². The van der Waals surface area contributed by atoms with E-state index < -0.39 is 0 Å². The fraction of sp³-hybridized carbons (Fsp3) is 0.450. The maximum absolute atomic E-state index is 12.3. The summed E-state index contributed by atoms with van der Waals surface area (Å²) >= 11 is 0. The third-order valence-corrected chi connectivity index (χ3v) is 4.89. The number of pyridine rings is 1. The monoisotopic (exact) mass is 339 g/mol. The van der Waals surface area contributed by atoms with E-state index in [1.165, 1.54) is 6.42 Å². The minimum Gasteiger partial charge on any atom is -0.354 e. The van der Waals surface area contributed by atoms with Crippen molar-refractivity contribution in [1.82, 2.24) is 10.3 Å². The molecule has 0 aliphatic heterocycles. The van der Waals surface area contributed by atoms with Crippen molar-refractivity contribution in [2.45, 2.75) is 39.0 Å². The Morgan fingerprint density at radius 2 is 1.92 bits per heavy atom. The van der Waals surface area contributed by atoms with Crippen LogP contribution < -0.4 is 10.2 Å². The molecule has 132 valence electrons. The number of para-hydroxylation sites is 1. The van der Waals surface area contributed by atoms with Gasteiger partial charge in [-0.1, -0.05) is 37.5 Å². The lowest BCUT2D eigenvalue weighted by Crippen LogP contribution is -2.40. The molecule has 0 atom stereocenters. The molecule has 0 spiro atoms. The van der Waals surface area contributed by atoms with Crippen molar-refractivity contribution < 1.29 is 9.59 Å². The molecule has 1 heterocycles. The number of carbonyl (C=O) groups excluding carboxylic acids is 2. The Labute approximate surface area is 148 Å². The second-order valence-electron chi connectivity index (χ2n) is 6.65. The van der Waals surface area contributed by atoms with E-state index >= 15 is 0 Å². The van der Waals surface area contributed by atoms with E-state index in [0.29, 0.717) is 13.1 Å². The van der Waals surface area contributed by atoms with Crippen LogP contribution in [0.2, 0.25) is 0 Å². The van der Waals surface area contributed by atoms with Crippen molar-refractivity contribution >= 4 is 28.4 Å². The molecule has 1 aromatic carbocycles. The van der Waals surface area contributed by atoms with Gasteiger partial charge in [0.05, 0.1) is 11.2 Å². The Hall–Kier alpha value is -2.43. The van der Waals surface area contributed by atoms with Gasteiger partial charge in [0.15, 0.2) is 0 Å². The lowest BCUT2D eigenvalue weighted by Gasteiger charge is -2.24. The van der Waals surface area contributed by atoms with E-state index in [9.17, 15) is 9.59 Å². The Kier molecular flexibility index (Phi) is 5.64. The van der Waals surface area contributed by atoms with Crippen LogP contribution in [-0.4, -0.2) is 29.9 Å². The zero-order valence-electron chi connectivity index (χ0n) is 14.7. The van der Waals surface area contributed by atoms with Crippen LogP contribution in [0.25, 0.3) is 10.9 Å². The molecule has 1 N–H and O–H groups in total. The maximum atomic E-state index is 12.3. The van der Waals surface area contributed by atoms with Crippen molar-refractivity contribution in [3.63, 3.8) is 0 Å². The van der Waals surface area contributed by atoms with Gasteiger partial charge in [0.2, 0.25) is 11.8 Å². The molecule has 0 bridgehead atoms. The van der Waals surface area contributed by atoms with E-state index in [0.717, 1.165) is 42.3 Å². The summed E-state index contributed by atoms with van der Waals surface area (Å²) in [6.07, 6.45) is 7.20. The van der Waals surface area contributed by atoms with E-state index in [1.54, 1.807) is 18.0 Å². The number of hydrogen-bond donors (Lipinski definition) is 1. The third kappa shape index (κ3) is 4.16. The summed E-state index contributed by atoms with van der Waals surface area (Å²) in [6, 6.07) is 9.67. The van der Waals surface area contributed by atoms with Gasteiger partial charge in [0.25, 0.3) is 0 Å². The standard InChI is InChI=1S/C20H25N3O2/c1-15(24)23(14-13-22-20(25)17-7-3-2-4-8-17)18-11-5-9-16-10-6-12-21-19(16)18/h5-6,9-12,17H,2-4,7-8,13-14H2,1H3,(H,22,25). The third-order valence-electron chi connectivity index (χ3n) is 4.89. The molecule has 1 aromatic heterocycles. The van der Waals surface area contributed by atoms with Gasteiger partial charge in [-0.15, -0.1) is 0 Å². The highest BCUT2D eigenvalue weighted by Gasteiger charge is 2.21. The zero-order valence-corrected chi connectivity index (χ0v) is 14.7. The number of anilines is 1. The molecular weight excluding hydrogens is 314 g/mol. The highest BCUT2D eigenvalue weighted by atomic mass is 16.2. The molecule has 0 radical (unpaired) electrons. The molecule has 3 rings (SSSR count). The first kappa shape index (κ1) is 17.4. The molecule has 2 aromatic rings. The van der Waals surface area contributed by atoms with Crippen LogP contribution >= 0.6 is 0 Å². The summed E-state index contributed by atoms with van der Waals surface area (Å²) in [7, 11) is 0. The number of hydrogen-bond acceptors (Lipinski definition) is 3. The second-order valence-corrected chi connectivity index (χ2v) is 6.65. The van der Waals surface area contributed by atoms with Crippen LogP contribution in [0.15, 0.2) is 36.5 Å². The quantitative estimate of drug-likeness (QED) is 0.909. The lowest BCUT2D eigenvalue weighted by atomic mass is 9.89. The second kappa shape index (κ2) is 8.10. The van der Waals surface area contributed by atoms with Gasteiger partial charge >= 0.3 is 0 Å². The Morgan fingerprint density at radius 1 is 1.16 bits per heavy atom. The highest BCUT2D eigenvalue weighted by Crippen LogP contribution is 2.25. The number of fused-ring (bicyclic) bond motifs is 1. The molecule has 1 fully saturated rings. The number of rotatable bonds is 5. The molecule has 1 aliphatic carbocycles. The summed E-state index contributed by atoms with van der Waals surface area (Å²) in [5.41, 5.74) is 1.59. The van der Waals surface area contributed by atoms with Crippen LogP contribution in [-0.2, 0) is 9.59 Å². The maximum Gasteiger partial charge on any atom is 0.223 e. The molecule has 1 saturated carbocycles. The predicted octanol–water partition coefficient (Wildman–Crippen LogP) is 3.28. The molecule has 2 amide bonds. The first-order valence-corrected chi connectivity index (χ1v) is 9.06. The first-order chi connectivity index (χ1) is 12.2. The van der Waals surface area contributed by atoms with Gasteiger partial charge in [-0.25, -0.2) is 0 Å². The molecule has 0 saturated heterocycles. The Balaban J connectivity index is 1.67. The Morgan fingerprint density at radius 3 is 2.68 bits per heavy atom. The van der Waals surface area contributed by atoms with Crippen LogP contribution in [0.3, 0.4) is 0 Å². The first-order valence-electron chi connectivity index (χ1n) is 9.06. The number of nitrogens with zero attached hydrogens (tertiary/aromatic N) is 2. The number of nitrogens with one attached hydrogen (secondary N) is 1. The summed E-state index contributed by atoms with van der Waals surface area (Å²) < 4.78 is 0. The summed E-state index contributed by atoms with van der Waals surface area (Å²) in [5.74, 6) is 0.211. The molecule has 1 aliphatic rings. The molecule has 5 nitrogen and oxygen atoms in total. The van der Waals surface area contributed by atoms with Crippen LogP contribution in [0.1, 0.15) is 39.0 Å². The van der Waals surface area contributed by atoms with Gasteiger partial charge < -0.3 is 10.2 Å². The zero-order chi connectivity index (χ0) is 17.6. The molecule has 0 unspecified atom stereocenters. The van der Waals surface area contributed by atoms with E-state index in [4.69, 9.17) is 0 Å². The van der Waals surface area contributed by atoms with Gasteiger partial charge in [0, 0.05) is 37.5 Å². The van der Waals surface area contributed by atoms with E-state index in [2.05, 4.69) is 10.3 Å². The predicted molar refractivity (Wildman–Crippen MR) is 99.4 cm³/mol. The van der Waals surface area contributed by atoms with Crippen LogP contribution in [0, 0.1) is 5.92 Å². The van der Waals surface area contributed by atoms with Crippen LogP contribution in [0.4, 0.5) is 5.69 Å². The van der Waals surface area contributed by atoms with Crippen molar-refractivity contribution in [1.29, 1.82) is 0 Å². The number of benzene rings is 1. The van der Waals surface area contributed by atoms with Crippen molar-refractivity contribution in [3.8, 4) is 0 Å². The lowest BCUT2D eigenvalue weighted by molar-refractivity contribution is -0.126. The Bertz CT molecular complexity index is 748. The minimum atomic E-state index is -0.0509. The highest BCUT2D eigenvalue weighted by molar-refractivity contribution is 6.01. The number of amides is 2. The largest absolute Gasteiger partial charge is 0.354 e. The average molecular weight is 339 g/mol. The van der Waals surface area contributed by atoms with E-state index in [1.807, 2.05) is 30.3 Å². The smallest absolute Gasteiger partial charge is 0.223 e. The summed E-state index contributed by atoms with van der Waals surface area (Å²) in [6.45, 7) is 2.45. The number of carbonyl (C=O) groups is 2. The van der Waals surface area contributed by atoms with Gasteiger partial charge in [-0.05, 0) is 25.0 Å². The minimum absolute atomic E-state index is 0.0509. The van der Waals surface area contributed by atoms with Gasteiger partial charge in [-0.2, -0.15) is 0 Å². The van der Waals surface area contributed by atoms with Crippen LogP contribution in [0.5, 0.6) is 0 Å². The van der Waals surface area contributed by atoms with Crippen molar-refractivity contribution in [3.05, 3.63) is 36.5 Å². The topological polar surface area (TPSA) is 62.3 Å². The molecular formula is C20H25N3O2. The van der Waals surface area contributed by atoms with Gasteiger partial charge in [0.1, 0.15) is 0 Å². The summed E-state index contributed by atoms with van der Waals surface area (Å²) in [4.78, 5) is 30.5.